The zero-order chi connectivity index (χ0) is 14.3. The highest BCUT2D eigenvalue weighted by Crippen LogP contribution is 2.37. The van der Waals surface area contributed by atoms with Gasteiger partial charge in [0.05, 0.1) is 5.69 Å². The number of carbonyl (C=O) groups is 1. The van der Waals surface area contributed by atoms with Crippen molar-refractivity contribution < 1.29 is 9.18 Å². The van der Waals surface area contributed by atoms with Gasteiger partial charge in [-0.3, -0.25) is 4.79 Å². The minimum Gasteiger partial charge on any atom is -0.397 e. The van der Waals surface area contributed by atoms with E-state index in [0.717, 1.165) is 18.4 Å². The first-order valence-electron chi connectivity index (χ1n) is 6.59. The summed E-state index contributed by atoms with van der Waals surface area (Å²) < 4.78 is 15.1. The number of nitrogens with one attached hydrogen (secondary N) is 1. The molecule has 5 heteroatoms. The Hall–Kier alpha value is -2.30. The molecule has 0 bridgehead atoms. The van der Waals surface area contributed by atoms with Gasteiger partial charge in [-0.1, -0.05) is 6.07 Å². The lowest BCUT2D eigenvalue weighted by Gasteiger charge is -2.10. The molecule has 1 fully saturated rings. The van der Waals surface area contributed by atoms with Gasteiger partial charge < -0.3 is 15.6 Å². The van der Waals surface area contributed by atoms with Crippen molar-refractivity contribution in [2.45, 2.75) is 25.8 Å². The van der Waals surface area contributed by atoms with Crippen LogP contribution in [0.25, 0.3) is 0 Å². The van der Waals surface area contributed by atoms with E-state index in [4.69, 9.17) is 5.73 Å². The van der Waals surface area contributed by atoms with Gasteiger partial charge in [-0.25, -0.2) is 4.39 Å². The number of aryl methyl sites for hydroxylation is 1. The molecule has 3 rings (SSSR count). The number of hydrogen-bond donors (Lipinski definition) is 2. The third-order valence-electron chi connectivity index (χ3n) is 3.49. The zero-order valence-corrected chi connectivity index (χ0v) is 11.2. The van der Waals surface area contributed by atoms with Crippen LogP contribution in [0.1, 0.15) is 34.9 Å². The molecule has 1 heterocycles. The van der Waals surface area contributed by atoms with Gasteiger partial charge in [0.1, 0.15) is 11.5 Å². The van der Waals surface area contributed by atoms with E-state index in [0.29, 0.717) is 23.1 Å². The van der Waals surface area contributed by atoms with E-state index in [-0.39, 0.29) is 11.7 Å². The molecule has 0 atom stereocenters. The highest BCUT2D eigenvalue weighted by Gasteiger charge is 2.27. The van der Waals surface area contributed by atoms with Crippen molar-refractivity contribution in [1.82, 2.24) is 4.57 Å². The first-order chi connectivity index (χ1) is 9.54. The first-order valence-corrected chi connectivity index (χ1v) is 6.59. The summed E-state index contributed by atoms with van der Waals surface area (Å²) in [5.74, 6) is -0.634. The second-order valence-electron chi connectivity index (χ2n) is 5.21. The largest absolute Gasteiger partial charge is 0.397 e. The highest BCUT2D eigenvalue weighted by atomic mass is 19.1. The molecule has 1 aliphatic rings. The number of hydrogen-bond acceptors (Lipinski definition) is 2. The number of benzene rings is 1. The lowest BCUT2D eigenvalue weighted by molar-refractivity contribution is 0.101. The quantitative estimate of drug-likeness (QED) is 0.902. The molecule has 4 nitrogen and oxygen atoms in total. The monoisotopic (exact) mass is 273 g/mol. The molecular formula is C15H16FN3O. The number of halogens is 1. The van der Waals surface area contributed by atoms with Gasteiger partial charge in [0, 0.05) is 17.9 Å². The van der Waals surface area contributed by atoms with E-state index in [2.05, 4.69) is 5.32 Å². The number of aromatic nitrogens is 1. The van der Waals surface area contributed by atoms with E-state index in [1.165, 1.54) is 12.1 Å². The Kier molecular flexibility index (Phi) is 2.97. The summed E-state index contributed by atoms with van der Waals surface area (Å²) in [6, 6.07) is 6.35. The summed E-state index contributed by atoms with van der Waals surface area (Å²) in [6.45, 7) is 1.82. The fraction of sp³-hybridized carbons (Fsp3) is 0.267. The Morgan fingerprint density at radius 3 is 2.85 bits per heavy atom. The molecule has 104 valence electrons. The van der Waals surface area contributed by atoms with Gasteiger partial charge >= 0.3 is 0 Å². The average molecular weight is 273 g/mol. The molecule has 1 amide bonds. The summed E-state index contributed by atoms with van der Waals surface area (Å²) in [5.41, 5.74) is 8.16. The predicted molar refractivity (Wildman–Crippen MR) is 76.2 cm³/mol. The molecule has 1 saturated carbocycles. The van der Waals surface area contributed by atoms with Crippen LogP contribution < -0.4 is 11.1 Å². The molecule has 0 saturated heterocycles. The Labute approximate surface area is 116 Å². The van der Waals surface area contributed by atoms with Crippen LogP contribution in [0, 0.1) is 12.7 Å². The number of anilines is 2. The maximum absolute atomic E-state index is 13.2. The van der Waals surface area contributed by atoms with Crippen molar-refractivity contribution in [3.8, 4) is 0 Å². The number of nitrogens with zero attached hydrogens (tertiary/aromatic N) is 1. The second kappa shape index (κ2) is 4.67. The van der Waals surface area contributed by atoms with E-state index in [9.17, 15) is 9.18 Å². The van der Waals surface area contributed by atoms with E-state index in [1.807, 2.05) is 11.5 Å². The SMILES string of the molecule is Cc1ccc(F)cc1NC(=O)c1cc(N)cn1C1CC1. The van der Waals surface area contributed by atoms with Crippen molar-refractivity contribution in [1.29, 1.82) is 0 Å². The van der Waals surface area contributed by atoms with Crippen molar-refractivity contribution in [3.63, 3.8) is 0 Å². The number of carbonyl (C=O) groups excluding carboxylic acids is 1. The summed E-state index contributed by atoms with van der Waals surface area (Å²) >= 11 is 0. The number of amides is 1. The van der Waals surface area contributed by atoms with Crippen molar-refractivity contribution in [2.75, 3.05) is 11.1 Å². The number of rotatable bonds is 3. The van der Waals surface area contributed by atoms with Crippen molar-refractivity contribution >= 4 is 17.3 Å². The van der Waals surface area contributed by atoms with Gasteiger partial charge in [0.25, 0.3) is 5.91 Å². The smallest absolute Gasteiger partial charge is 0.272 e. The molecule has 1 aromatic heterocycles. The van der Waals surface area contributed by atoms with Crippen LogP contribution in [-0.2, 0) is 0 Å². The van der Waals surface area contributed by atoms with Crippen LogP contribution in [0.3, 0.4) is 0 Å². The van der Waals surface area contributed by atoms with Crippen LogP contribution in [0.5, 0.6) is 0 Å². The molecule has 2 aromatic rings. The Bertz CT molecular complexity index is 674. The van der Waals surface area contributed by atoms with E-state index >= 15 is 0 Å². The Morgan fingerprint density at radius 2 is 2.15 bits per heavy atom. The van der Waals surface area contributed by atoms with Gasteiger partial charge in [0.2, 0.25) is 0 Å². The molecule has 1 aliphatic carbocycles. The number of nitrogens with two attached hydrogens (primary N) is 1. The lowest BCUT2D eigenvalue weighted by atomic mass is 10.2. The molecule has 1 aromatic carbocycles. The van der Waals surface area contributed by atoms with Crippen molar-refractivity contribution in [3.05, 3.63) is 47.5 Å². The summed E-state index contributed by atoms with van der Waals surface area (Å²) in [7, 11) is 0. The molecular weight excluding hydrogens is 257 g/mol. The maximum Gasteiger partial charge on any atom is 0.272 e. The fourth-order valence-corrected chi connectivity index (χ4v) is 2.25. The van der Waals surface area contributed by atoms with Crippen LogP contribution >= 0.6 is 0 Å². The molecule has 0 aliphatic heterocycles. The summed E-state index contributed by atoms with van der Waals surface area (Å²) in [5, 5.41) is 2.75. The maximum atomic E-state index is 13.2. The minimum atomic E-state index is -0.372. The summed E-state index contributed by atoms with van der Waals surface area (Å²) in [6.07, 6.45) is 3.91. The molecule has 0 radical (unpaired) electrons. The van der Waals surface area contributed by atoms with Crippen LogP contribution in [0.4, 0.5) is 15.8 Å². The van der Waals surface area contributed by atoms with Gasteiger partial charge in [0.15, 0.2) is 0 Å². The first kappa shape index (κ1) is 12.7. The highest BCUT2D eigenvalue weighted by molar-refractivity contribution is 6.04. The van der Waals surface area contributed by atoms with Crippen molar-refractivity contribution in [2.24, 2.45) is 0 Å². The lowest BCUT2D eigenvalue weighted by Crippen LogP contribution is -2.17. The minimum absolute atomic E-state index is 0.262. The zero-order valence-electron chi connectivity index (χ0n) is 11.2. The van der Waals surface area contributed by atoms with Gasteiger partial charge in [-0.2, -0.15) is 0 Å². The van der Waals surface area contributed by atoms with Crippen LogP contribution in [-0.4, -0.2) is 10.5 Å². The standard InChI is InChI=1S/C15H16FN3O/c1-9-2-3-10(16)6-13(9)18-15(20)14-7-11(17)8-19(14)12-4-5-12/h2-3,6-8,12H,4-5,17H2,1H3,(H,18,20). The topological polar surface area (TPSA) is 60.1 Å². The third kappa shape index (κ3) is 2.39. The normalized spacial score (nSPS) is 14.3. The van der Waals surface area contributed by atoms with E-state index in [1.54, 1.807) is 18.3 Å². The molecule has 3 N–H and O–H groups in total. The Morgan fingerprint density at radius 1 is 1.40 bits per heavy atom. The molecule has 0 spiro atoms. The molecule has 20 heavy (non-hydrogen) atoms. The average Bonchev–Trinajstić information content (AvgIpc) is 3.17. The van der Waals surface area contributed by atoms with Crippen LogP contribution in [0.2, 0.25) is 0 Å². The second-order valence-corrected chi connectivity index (χ2v) is 5.21. The van der Waals surface area contributed by atoms with Gasteiger partial charge in [-0.15, -0.1) is 0 Å². The molecule has 0 unspecified atom stereocenters. The van der Waals surface area contributed by atoms with Crippen LogP contribution in [0.15, 0.2) is 30.5 Å². The Balaban J connectivity index is 1.87. The number of nitrogen functional groups attached to an aromatic ring is 1. The summed E-state index contributed by atoms with van der Waals surface area (Å²) in [4.78, 5) is 12.3. The van der Waals surface area contributed by atoms with Gasteiger partial charge in [-0.05, 0) is 43.5 Å². The van der Waals surface area contributed by atoms with E-state index < -0.39 is 0 Å². The fourth-order valence-electron chi connectivity index (χ4n) is 2.25. The third-order valence-corrected chi connectivity index (χ3v) is 3.49. The predicted octanol–water partition coefficient (Wildman–Crippen LogP) is 3.11.